The van der Waals surface area contributed by atoms with Gasteiger partial charge in [0, 0.05) is 23.2 Å². The predicted molar refractivity (Wildman–Crippen MR) is 111 cm³/mol. The SMILES string of the molecule is CC(=O)c1ccc(OCCCC(=O)Nc2cccc(-c3nnnn3C3CC3)c2)cc1. The average molecular weight is 405 g/mol. The van der Waals surface area contributed by atoms with Crippen molar-refractivity contribution in [1.82, 2.24) is 20.2 Å². The third kappa shape index (κ3) is 4.89. The normalized spacial score (nSPS) is 13.1. The maximum Gasteiger partial charge on any atom is 0.224 e. The highest BCUT2D eigenvalue weighted by Crippen LogP contribution is 2.36. The number of tetrazole rings is 1. The van der Waals surface area contributed by atoms with Crippen LogP contribution in [-0.2, 0) is 4.79 Å². The molecule has 0 saturated heterocycles. The van der Waals surface area contributed by atoms with Gasteiger partial charge in [-0.25, -0.2) is 4.68 Å². The van der Waals surface area contributed by atoms with Crippen molar-refractivity contribution in [3.8, 4) is 17.1 Å². The molecule has 8 heteroatoms. The number of hydrogen-bond acceptors (Lipinski definition) is 6. The van der Waals surface area contributed by atoms with Crippen molar-refractivity contribution >= 4 is 17.4 Å². The summed E-state index contributed by atoms with van der Waals surface area (Å²) in [6, 6.07) is 14.9. The Bertz CT molecular complexity index is 1040. The molecule has 1 fully saturated rings. The first-order chi connectivity index (χ1) is 14.6. The first-order valence-electron chi connectivity index (χ1n) is 10.0. The minimum atomic E-state index is -0.0792. The number of carbonyl (C=O) groups excluding carboxylic acids is 2. The van der Waals surface area contributed by atoms with Crippen molar-refractivity contribution in [3.63, 3.8) is 0 Å². The fourth-order valence-electron chi connectivity index (χ4n) is 3.12. The maximum atomic E-state index is 12.3. The molecule has 30 heavy (non-hydrogen) atoms. The highest BCUT2D eigenvalue weighted by molar-refractivity contribution is 5.94. The monoisotopic (exact) mass is 405 g/mol. The van der Waals surface area contributed by atoms with Gasteiger partial charge in [0.15, 0.2) is 11.6 Å². The van der Waals surface area contributed by atoms with Crippen LogP contribution in [0.15, 0.2) is 48.5 Å². The van der Waals surface area contributed by atoms with Crippen LogP contribution in [0.25, 0.3) is 11.4 Å². The molecular weight excluding hydrogens is 382 g/mol. The van der Waals surface area contributed by atoms with E-state index in [1.807, 2.05) is 28.9 Å². The Hall–Kier alpha value is -3.55. The molecule has 8 nitrogen and oxygen atoms in total. The number of nitrogens with zero attached hydrogens (tertiary/aromatic N) is 4. The lowest BCUT2D eigenvalue weighted by molar-refractivity contribution is -0.116. The number of carbonyl (C=O) groups is 2. The van der Waals surface area contributed by atoms with E-state index < -0.39 is 0 Å². The van der Waals surface area contributed by atoms with E-state index in [1.54, 1.807) is 24.3 Å². The highest BCUT2D eigenvalue weighted by atomic mass is 16.5. The van der Waals surface area contributed by atoms with Gasteiger partial charge in [-0.1, -0.05) is 12.1 Å². The number of benzene rings is 2. The molecule has 1 aliphatic carbocycles. The van der Waals surface area contributed by atoms with Crippen molar-refractivity contribution in [2.75, 3.05) is 11.9 Å². The number of nitrogens with one attached hydrogen (secondary N) is 1. The second kappa shape index (κ2) is 8.86. The lowest BCUT2D eigenvalue weighted by atomic mass is 10.1. The quantitative estimate of drug-likeness (QED) is 0.431. The Balaban J connectivity index is 1.26. The number of Topliss-reactive ketones (excluding diaryl/α,β-unsaturated/α-hetero) is 1. The summed E-state index contributed by atoms with van der Waals surface area (Å²) in [6.07, 6.45) is 3.12. The van der Waals surface area contributed by atoms with Gasteiger partial charge in [0.1, 0.15) is 5.75 Å². The number of amides is 1. The summed E-state index contributed by atoms with van der Waals surface area (Å²) in [5, 5.41) is 14.9. The standard InChI is InChI=1S/C22H23N5O3/c1-15(28)16-7-11-20(12-8-16)30-13-3-6-21(29)23-18-5-2-4-17(14-18)22-24-25-26-27(22)19-9-10-19/h2,4-5,7-8,11-12,14,19H,3,6,9-10,13H2,1H3,(H,23,29). The fraction of sp³-hybridized carbons (Fsp3) is 0.318. The summed E-state index contributed by atoms with van der Waals surface area (Å²) in [6.45, 7) is 1.95. The number of ether oxygens (including phenoxy) is 1. The van der Waals surface area contributed by atoms with Gasteiger partial charge in [0.2, 0.25) is 5.91 Å². The van der Waals surface area contributed by atoms with Crippen LogP contribution < -0.4 is 10.1 Å². The molecule has 1 aromatic heterocycles. The number of rotatable bonds is 9. The van der Waals surface area contributed by atoms with Crippen LogP contribution in [0.5, 0.6) is 5.75 Å². The summed E-state index contributed by atoms with van der Waals surface area (Å²) in [5.74, 6) is 1.34. The molecule has 3 aromatic rings. The zero-order valence-corrected chi connectivity index (χ0v) is 16.7. The highest BCUT2D eigenvalue weighted by Gasteiger charge is 2.28. The van der Waals surface area contributed by atoms with Crippen molar-refractivity contribution in [1.29, 1.82) is 0 Å². The van der Waals surface area contributed by atoms with Crippen LogP contribution in [0, 0.1) is 0 Å². The minimum Gasteiger partial charge on any atom is -0.494 e. The topological polar surface area (TPSA) is 99.0 Å². The third-order valence-electron chi connectivity index (χ3n) is 4.87. The molecule has 0 bridgehead atoms. The average Bonchev–Trinajstić information content (AvgIpc) is 3.48. The zero-order valence-electron chi connectivity index (χ0n) is 16.7. The van der Waals surface area contributed by atoms with Gasteiger partial charge in [0.05, 0.1) is 12.6 Å². The molecule has 0 unspecified atom stereocenters. The molecule has 1 aliphatic rings. The lowest BCUT2D eigenvalue weighted by Gasteiger charge is -2.09. The molecule has 1 heterocycles. The largest absolute Gasteiger partial charge is 0.494 e. The third-order valence-corrected chi connectivity index (χ3v) is 4.87. The molecule has 1 amide bonds. The number of aromatic nitrogens is 4. The van der Waals surface area contributed by atoms with E-state index in [4.69, 9.17) is 4.74 Å². The molecule has 0 radical (unpaired) electrons. The van der Waals surface area contributed by atoms with Crippen LogP contribution in [0.2, 0.25) is 0 Å². The van der Waals surface area contributed by atoms with Crippen molar-refractivity contribution in [2.45, 2.75) is 38.6 Å². The number of anilines is 1. The van der Waals surface area contributed by atoms with Crippen LogP contribution in [0.1, 0.15) is 49.0 Å². The van der Waals surface area contributed by atoms with E-state index in [0.717, 1.165) is 24.2 Å². The summed E-state index contributed by atoms with van der Waals surface area (Å²) in [5.41, 5.74) is 2.24. The summed E-state index contributed by atoms with van der Waals surface area (Å²) >= 11 is 0. The molecule has 0 atom stereocenters. The van der Waals surface area contributed by atoms with Crippen LogP contribution in [-0.4, -0.2) is 38.5 Å². The Morgan fingerprint density at radius 1 is 1.17 bits per heavy atom. The smallest absolute Gasteiger partial charge is 0.224 e. The second-order valence-electron chi connectivity index (χ2n) is 7.34. The van der Waals surface area contributed by atoms with E-state index in [0.29, 0.717) is 42.5 Å². The molecule has 154 valence electrons. The van der Waals surface area contributed by atoms with Crippen molar-refractivity contribution in [2.24, 2.45) is 0 Å². The van der Waals surface area contributed by atoms with Gasteiger partial charge in [-0.2, -0.15) is 0 Å². The van der Waals surface area contributed by atoms with Crippen LogP contribution in [0.3, 0.4) is 0 Å². The van der Waals surface area contributed by atoms with Gasteiger partial charge in [0.25, 0.3) is 0 Å². The zero-order chi connectivity index (χ0) is 20.9. The van der Waals surface area contributed by atoms with Crippen molar-refractivity contribution in [3.05, 3.63) is 54.1 Å². The molecule has 1 N–H and O–H groups in total. The molecule has 2 aromatic carbocycles. The molecule has 1 saturated carbocycles. The Kier molecular flexibility index (Phi) is 5.83. The van der Waals surface area contributed by atoms with E-state index >= 15 is 0 Å². The Morgan fingerprint density at radius 2 is 1.97 bits per heavy atom. The van der Waals surface area contributed by atoms with Gasteiger partial charge in [-0.15, -0.1) is 5.10 Å². The maximum absolute atomic E-state index is 12.3. The Morgan fingerprint density at radius 3 is 2.70 bits per heavy atom. The molecule has 0 spiro atoms. The van der Waals surface area contributed by atoms with E-state index in [-0.39, 0.29) is 11.7 Å². The predicted octanol–water partition coefficient (Wildman–Crippen LogP) is 3.68. The molecule has 0 aliphatic heterocycles. The summed E-state index contributed by atoms with van der Waals surface area (Å²) in [4.78, 5) is 23.6. The van der Waals surface area contributed by atoms with E-state index in [1.165, 1.54) is 6.92 Å². The lowest BCUT2D eigenvalue weighted by Crippen LogP contribution is -2.13. The van der Waals surface area contributed by atoms with Gasteiger partial charge >= 0.3 is 0 Å². The van der Waals surface area contributed by atoms with E-state index in [2.05, 4.69) is 20.8 Å². The van der Waals surface area contributed by atoms with Gasteiger partial charge in [-0.3, -0.25) is 9.59 Å². The fourth-order valence-corrected chi connectivity index (χ4v) is 3.12. The van der Waals surface area contributed by atoms with Gasteiger partial charge in [-0.05, 0) is 73.0 Å². The molecular formula is C22H23N5O3. The van der Waals surface area contributed by atoms with Crippen LogP contribution >= 0.6 is 0 Å². The summed E-state index contributed by atoms with van der Waals surface area (Å²) in [7, 11) is 0. The first kappa shape index (κ1) is 19.8. The number of hydrogen-bond donors (Lipinski definition) is 1. The van der Waals surface area contributed by atoms with E-state index in [9.17, 15) is 9.59 Å². The Labute approximate surface area is 174 Å². The van der Waals surface area contributed by atoms with Crippen LogP contribution in [0.4, 0.5) is 5.69 Å². The number of ketones is 1. The molecule has 4 rings (SSSR count). The van der Waals surface area contributed by atoms with Crippen molar-refractivity contribution < 1.29 is 14.3 Å². The summed E-state index contributed by atoms with van der Waals surface area (Å²) < 4.78 is 7.48. The minimum absolute atomic E-state index is 0.0197. The first-order valence-corrected chi connectivity index (χ1v) is 10.0. The second-order valence-corrected chi connectivity index (χ2v) is 7.34. The van der Waals surface area contributed by atoms with Gasteiger partial charge < -0.3 is 10.1 Å².